The van der Waals surface area contributed by atoms with E-state index in [0.717, 1.165) is 33.7 Å². The molecule has 0 fully saturated rings. The zero-order valence-corrected chi connectivity index (χ0v) is 20.1. The highest BCUT2D eigenvalue weighted by Crippen LogP contribution is 2.40. The number of Topliss-reactive ketones (excluding diaryl/α,β-unsaturated/α-hetero) is 1. The Morgan fingerprint density at radius 2 is 1.47 bits per heavy atom. The van der Waals surface area contributed by atoms with Gasteiger partial charge in [0.25, 0.3) is 0 Å². The van der Waals surface area contributed by atoms with Crippen LogP contribution in [0.4, 0.5) is 0 Å². The van der Waals surface area contributed by atoms with Crippen molar-refractivity contribution in [1.82, 2.24) is 4.57 Å². The second kappa shape index (κ2) is 8.45. The molecule has 3 aromatic rings. The molecular weight excluding hydrogens is 420 g/mol. The number of ketones is 1. The summed E-state index contributed by atoms with van der Waals surface area (Å²) in [6.45, 7) is 9.38. The summed E-state index contributed by atoms with van der Waals surface area (Å²) >= 11 is 0. The van der Waals surface area contributed by atoms with Crippen molar-refractivity contribution in [3.8, 4) is 0 Å². The number of aromatic nitrogens is 1. The first-order valence-electron chi connectivity index (χ1n) is 11.6. The third-order valence-corrected chi connectivity index (χ3v) is 7.03. The van der Waals surface area contributed by atoms with Crippen LogP contribution in [0.5, 0.6) is 0 Å². The van der Waals surface area contributed by atoms with Crippen LogP contribution in [-0.4, -0.2) is 20.6 Å². The number of hydrogen-bond donors (Lipinski definition) is 0. The molecule has 0 N–H and O–H groups in total. The monoisotopic (exact) mass is 448 g/mol. The van der Waals surface area contributed by atoms with Gasteiger partial charge in [-0.2, -0.15) is 4.58 Å². The van der Waals surface area contributed by atoms with Crippen LogP contribution in [0.15, 0.2) is 95.4 Å². The lowest BCUT2D eigenvalue weighted by atomic mass is 9.84. The van der Waals surface area contributed by atoms with Gasteiger partial charge in [0, 0.05) is 41.9 Å². The normalized spacial score (nSPS) is 18.0. The van der Waals surface area contributed by atoms with Crippen LogP contribution in [0.2, 0.25) is 0 Å². The second-order valence-electron chi connectivity index (χ2n) is 9.15. The fourth-order valence-corrected chi connectivity index (χ4v) is 4.77. The van der Waals surface area contributed by atoms with Gasteiger partial charge in [0.05, 0.1) is 11.3 Å². The molecule has 34 heavy (non-hydrogen) atoms. The number of rotatable bonds is 5. The van der Waals surface area contributed by atoms with E-state index in [1.165, 1.54) is 0 Å². The highest BCUT2D eigenvalue weighted by Gasteiger charge is 2.39. The van der Waals surface area contributed by atoms with Crippen molar-refractivity contribution < 1.29 is 14.5 Å². The van der Waals surface area contributed by atoms with Gasteiger partial charge in [-0.1, -0.05) is 66.4 Å². The first kappa shape index (κ1) is 21.9. The highest BCUT2D eigenvalue weighted by atomic mass is 16.3. The van der Waals surface area contributed by atoms with Gasteiger partial charge in [0.2, 0.25) is 11.5 Å². The molecule has 0 saturated carbocycles. The molecule has 4 nitrogen and oxygen atoms in total. The number of benzene rings is 2. The summed E-state index contributed by atoms with van der Waals surface area (Å²) in [5, 5.41) is 13.5. The minimum Gasteiger partial charge on any atom is -0.871 e. The molecule has 0 atom stereocenters. The Morgan fingerprint density at radius 1 is 0.853 bits per heavy atom. The Bertz CT molecular complexity index is 1430. The van der Waals surface area contributed by atoms with Gasteiger partial charge in [-0.05, 0) is 38.0 Å². The summed E-state index contributed by atoms with van der Waals surface area (Å²) in [4.78, 5) is 13.5. The minimum atomic E-state index is -0.163. The van der Waals surface area contributed by atoms with E-state index in [2.05, 4.69) is 33.4 Å². The van der Waals surface area contributed by atoms with E-state index < -0.39 is 0 Å². The fraction of sp³-hybridized carbons (Fsp3) is 0.200. The lowest BCUT2D eigenvalue weighted by Gasteiger charge is -2.31. The number of carbonyl (C=O) groups excluding carboxylic acids is 1. The number of allylic oxidation sites excluding steroid dienone is 4. The van der Waals surface area contributed by atoms with Gasteiger partial charge in [0.15, 0.2) is 12.3 Å². The number of aryl methyl sites for hydroxylation is 1. The molecule has 5 rings (SSSR count). The van der Waals surface area contributed by atoms with Crippen molar-refractivity contribution in [3.05, 3.63) is 123 Å². The average Bonchev–Trinajstić information content (AvgIpc) is 3.25. The van der Waals surface area contributed by atoms with Crippen LogP contribution in [-0.2, 0) is 17.9 Å². The van der Waals surface area contributed by atoms with Crippen LogP contribution in [0, 0.1) is 13.8 Å². The smallest absolute Gasteiger partial charge is 0.216 e. The Morgan fingerprint density at radius 3 is 2.09 bits per heavy atom. The SMILES string of the molecule is CC1=CC(=C2C(=O)C(c3cc(C)c(C)n3Cc3ccccc3)=C2[O-])[N+](Cc2ccccc2)=C1C. The van der Waals surface area contributed by atoms with Crippen molar-refractivity contribution in [2.24, 2.45) is 0 Å². The molecule has 0 bridgehead atoms. The first-order valence-corrected chi connectivity index (χ1v) is 11.6. The summed E-state index contributed by atoms with van der Waals surface area (Å²) in [6, 6.07) is 22.2. The number of carbonyl (C=O) groups is 1. The van der Waals surface area contributed by atoms with Gasteiger partial charge < -0.3 is 9.67 Å². The van der Waals surface area contributed by atoms with Gasteiger partial charge >= 0.3 is 0 Å². The summed E-state index contributed by atoms with van der Waals surface area (Å²) < 4.78 is 4.18. The third kappa shape index (κ3) is 3.56. The zero-order chi connectivity index (χ0) is 24.0. The van der Waals surface area contributed by atoms with Gasteiger partial charge in [-0.25, -0.2) is 0 Å². The molecule has 2 aromatic carbocycles. The summed E-state index contributed by atoms with van der Waals surface area (Å²) in [6.07, 6.45) is 1.97. The highest BCUT2D eigenvalue weighted by molar-refractivity contribution is 6.38. The van der Waals surface area contributed by atoms with Crippen molar-refractivity contribution in [2.75, 3.05) is 0 Å². The maximum absolute atomic E-state index is 13.5. The fourth-order valence-electron chi connectivity index (χ4n) is 4.77. The van der Waals surface area contributed by atoms with E-state index in [1.807, 2.05) is 76.2 Å². The summed E-state index contributed by atoms with van der Waals surface area (Å²) in [5.41, 5.74) is 8.58. The number of hydrogen-bond acceptors (Lipinski definition) is 2. The van der Waals surface area contributed by atoms with Crippen LogP contribution < -0.4 is 5.11 Å². The van der Waals surface area contributed by atoms with Crippen molar-refractivity contribution in [3.63, 3.8) is 0 Å². The largest absolute Gasteiger partial charge is 0.871 e. The quantitative estimate of drug-likeness (QED) is 0.420. The molecule has 4 heteroatoms. The molecule has 1 aliphatic heterocycles. The Labute approximate surface area is 200 Å². The molecule has 170 valence electrons. The maximum atomic E-state index is 13.5. The standard InChI is InChI=1S/C30H28N2O2/c1-19-15-25(31(21(19)3)17-23-11-7-5-8-12-23)27-29(33)28(30(27)34)26-16-20(2)22(4)32(26)18-24-13-9-6-10-14-24/h5-16H,17-18H2,1-4H3. The average molecular weight is 449 g/mol. The predicted octanol–water partition coefficient (Wildman–Crippen LogP) is 4.69. The van der Waals surface area contributed by atoms with Gasteiger partial charge in [0.1, 0.15) is 0 Å². The third-order valence-electron chi connectivity index (χ3n) is 7.03. The molecule has 1 aromatic heterocycles. The lowest BCUT2D eigenvalue weighted by molar-refractivity contribution is -0.487. The maximum Gasteiger partial charge on any atom is 0.216 e. The molecule has 0 saturated heterocycles. The Hall–Kier alpha value is -3.92. The van der Waals surface area contributed by atoms with E-state index in [4.69, 9.17) is 0 Å². The molecule has 0 unspecified atom stereocenters. The van der Waals surface area contributed by atoms with Crippen LogP contribution in [0.25, 0.3) is 5.57 Å². The topological polar surface area (TPSA) is 48.1 Å². The van der Waals surface area contributed by atoms with Crippen molar-refractivity contribution in [1.29, 1.82) is 0 Å². The van der Waals surface area contributed by atoms with E-state index in [0.29, 0.717) is 35.6 Å². The van der Waals surface area contributed by atoms with Gasteiger partial charge in [-0.15, -0.1) is 0 Å². The van der Waals surface area contributed by atoms with Gasteiger partial charge in [-0.3, -0.25) is 4.79 Å². The summed E-state index contributed by atoms with van der Waals surface area (Å²) in [5.74, 6) is -0.327. The minimum absolute atomic E-state index is 0.163. The predicted molar refractivity (Wildman–Crippen MR) is 133 cm³/mol. The molecule has 0 amide bonds. The van der Waals surface area contributed by atoms with Crippen molar-refractivity contribution >= 4 is 17.1 Å². The van der Waals surface area contributed by atoms with E-state index >= 15 is 0 Å². The summed E-state index contributed by atoms with van der Waals surface area (Å²) in [7, 11) is 0. The molecule has 0 spiro atoms. The molecule has 2 heterocycles. The number of nitrogens with zero attached hydrogens (tertiary/aromatic N) is 2. The Balaban J connectivity index is 1.58. The van der Waals surface area contributed by atoms with E-state index in [-0.39, 0.29) is 11.5 Å². The molecular formula is C30H28N2O2. The molecule has 2 aliphatic rings. The van der Waals surface area contributed by atoms with Crippen LogP contribution in [0.3, 0.4) is 0 Å². The van der Waals surface area contributed by atoms with Crippen LogP contribution in [0.1, 0.15) is 41.9 Å². The second-order valence-corrected chi connectivity index (χ2v) is 9.15. The van der Waals surface area contributed by atoms with E-state index in [9.17, 15) is 9.90 Å². The molecule has 0 radical (unpaired) electrons. The Kier molecular flexibility index (Phi) is 5.45. The van der Waals surface area contributed by atoms with Crippen molar-refractivity contribution in [2.45, 2.75) is 40.8 Å². The molecule has 1 aliphatic carbocycles. The zero-order valence-electron chi connectivity index (χ0n) is 20.1. The lowest BCUT2D eigenvalue weighted by Crippen LogP contribution is -2.33. The first-order chi connectivity index (χ1) is 16.4. The van der Waals surface area contributed by atoms with Crippen LogP contribution >= 0.6 is 0 Å². The van der Waals surface area contributed by atoms with E-state index in [1.54, 1.807) is 0 Å².